The molecule has 1 aromatic heterocycles. The summed E-state index contributed by atoms with van der Waals surface area (Å²) in [5.41, 5.74) is 1.08. The summed E-state index contributed by atoms with van der Waals surface area (Å²) in [6, 6.07) is 15.5. The van der Waals surface area contributed by atoms with Crippen molar-refractivity contribution in [2.24, 2.45) is 5.92 Å². The number of rotatable bonds is 7. The van der Waals surface area contributed by atoms with Crippen molar-refractivity contribution in [3.63, 3.8) is 0 Å². The van der Waals surface area contributed by atoms with Gasteiger partial charge in [0.2, 0.25) is 11.8 Å². The van der Waals surface area contributed by atoms with E-state index in [2.05, 4.69) is 5.32 Å². The zero-order valence-corrected chi connectivity index (χ0v) is 17.8. The number of fused-ring (bicyclic) bond motifs is 4. The molecule has 158 valence electrons. The van der Waals surface area contributed by atoms with E-state index in [1.807, 2.05) is 45.9 Å². The molecule has 1 saturated heterocycles. The van der Waals surface area contributed by atoms with Crippen LogP contribution in [0.1, 0.15) is 30.9 Å². The molecule has 0 unspecified atom stereocenters. The Labute approximate surface area is 180 Å². The zero-order valence-electron chi connectivity index (χ0n) is 17.0. The highest BCUT2D eigenvalue weighted by molar-refractivity contribution is 7.99. The molecule has 1 aromatic carbocycles. The first-order valence-corrected chi connectivity index (χ1v) is 11.5. The van der Waals surface area contributed by atoms with Crippen LogP contribution in [0.4, 0.5) is 0 Å². The van der Waals surface area contributed by atoms with Crippen LogP contribution in [0.25, 0.3) is 0 Å². The molecule has 1 fully saturated rings. The molecule has 4 rings (SSSR count). The van der Waals surface area contributed by atoms with E-state index in [0.717, 1.165) is 17.9 Å². The molecule has 3 heterocycles. The molecule has 30 heavy (non-hydrogen) atoms. The Bertz CT molecular complexity index is 960. The van der Waals surface area contributed by atoms with Gasteiger partial charge in [-0.2, -0.15) is 0 Å². The minimum absolute atomic E-state index is 0.0326. The molecule has 2 aliphatic heterocycles. The van der Waals surface area contributed by atoms with Crippen LogP contribution in [0.3, 0.4) is 0 Å². The molecular weight excluding hydrogens is 398 g/mol. The molecule has 2 bridgehead atoms. The number of hydrogen-bond donors (Lipinski definition) is 1. The van der Waals surface area contributed by atoms with E-state index in [9.17, 15) is 14.4 Å². The number of amides is 2. The third-order valence-electron chi connectivity index (χ3n) is 5.83. The largest absolute Gasteiger partial charge is 0.355 e. The topological polar surface area (TPSA) is 71.4 Å². The van der Waals surface area contributed by atoms with E-state index in [1.54, 1.807) is 23.9 Å². The first kappa shape index (κ1) is 20.7. The summed E-state index contributed by atoms with van der Waals surface area (Å²) >= 11 is 1.70. The SMILES string of the molecule is O=C(CCC(=O)N1C[C@@H]2C[C@H](C1)c1cccc(=O)n1C2)NCCSc1ccccc1. The number of thioether (sulfide) groups is 1. The quantitative estimate of drug-likeness (QED) is 0.547. The maximum absolute atomic E-state index is 12.7. The number of benzene rings is 1. The highest BCUT2D eigenvalue weighted by Gasteiger charge is 2.36. The Morgan fingerprint density at radius 3 is 2.67 bits per heavy atom. The molecule has 0 spiro atoms. The van der Waals surface area contributed by atoms with Crippen LogP contribution in [-0.2, 0) is 16.1 Å². The van der Waals surface area contributed by atoms with Gasteiger partial charge in [0.1, 0.15) is 0 Å². The van der Waals surface area contributed by atoms with Gasteiger partial charge in [0.05, 0.1) is 0 Å². The summed E-state index contributed by atoms with van der Waals surface area (Å²) in [6.07, 6.45) is 1.47. The molecule has 0 radical (unpaired) electrons. The first-order chi connectivity index (χ1) is 14.6. The lowest BCUT2D eigenvalue weighted by molar-refractivity contribution is -0.136. The monoisotopic (exact) mass is 425 g/mol. The maximum atomic E-state index is 12.7. The summed E-state index contributed by atoms with van der Waals surface area (Å²) in [4.78, 5) is 40.0. The Morgan fingerprint density at radius 2 is 1.83 bits per heavy atom. The van der Waals surface area contributed by atoms with Crippen LogP contribution in [0.2, 0.25) is 0 Å². The van der Waals surface area contributed by atoms with Crippen molar-refractivity contribution < 1.29 is 9.59 Å². The van der Waals surface area contributed by atoms with Crippen LogP contribution < -0.4 is 10.9 Å². The van der Waals surface area contributed by atoms with Crippen LogP contribution >= 0.6 is 11.8 Å². The fourth-order valence-electron chi connectivity index (χ4n) is 4.44. The Balaban J connectivity index is 1.21. The van der Waals surface area contributed by atoms with Gasteiger partial charge in [-0.15, -0.1) is 11.8 Å². The van der Waals surface area contributed by atoms with Crippen LogP contribution in [0, 0.1) is 5.92 Å². The first-order valence-electron chi connectivity index (χ1n) is 10.5. The second-order valence-corrected chi connectivity index (χ2v) is 9.18. The Morgan fingerprint density at radius 1 is 1.00 bits per heavy atom. The predicted octanol–water partition coefficient (Wildman–Crippen LogP) is 2.48. The van der Waals surface area contributed by atoms with Crippen LogP contribution in [-0.4, -0.2) is 46.7 Å². The number of nitrogens with zero attached hydrogens (tertiary/aromatic N) is 2. The summed E-state index contributed by atoms with van der Waals surface area (Å²) in [6.45, 7) is 2.57. The van der Waals surface area contributed by atoms with Gasteiger partial charge in [-0.3, -0.25) is 14.4 Å². The van der Waals surface area contributed by atoms with Crippen molar-refractivity contribution in [3.8, 4) is 0 Å². The third kappa shape index (κ3) is 4.95. The highest BCUT2D eigenvalue weighted by Crippen LogP contribution is 2.35. The number of aromatic nitrogens is 1. The second kappa shape index (κ2) is 9.51. The number of carbonyl (C=O) groups excluding carboxylic acids is 2. The van der Waals surface area contributed by atoms with Crippen molar-refractivity contribution in [3.05, 3.63) is 64.6 Å². The lowest BCUT2D eigenvalue weighted by Crippen LogP contribution is -2.49. The number of carbonyl (C=O) groups is 2. The average Bonchev–Trinajstić information content (AvgIpc) is 2.76. The summed E-state index contributed by atoms with van der Waals surface area (Å²) < 4.78 is 1.86. The lowest BCUT2D eigenvalue weighted by Gasteiger charge is -2.42. The standard InChI is InChI=1S/C23H27N3O3S/c27-21(24-11-12-30-19-5-2-1-3-6-19)9-10-22(28)25-14-17-13-18(16-25)20-7-4-8-23(29)26(20)15-17/h1-8,17-18H,9-16H2,(H,24,27)/t17-,18+/m0/s1. The van der Waals surface area contributed by atoms with Crippen molar-refractivity contribution in [2.45, 2.75) is 36.6 Å². The summed E-state index contributed by atoms with van der Waals surface area (Å²) in [5.74, 6) is 1.28. The third-order valence-corrected chi connectivity index (χ3v) is 6.85. The van der Waals surface area contributed by atoms with Gasteiger partial charge in [-0.25, -0.2) is 0 Å². The van der Waals surface area contributed by atoms with Gasteiger partial charge in [0.15, 0.2) is 0 Å². The molecule has 2 aromatic rings. The molecule has 1 N–H and O–H groups in total. The van der Waals surface area contributed by atoms with Gasteiger partial charge >= 0.3 is 0 Å². The number of pyridine rings is 1. The summed E-state index contributed by atoms with van der Waals surface area (Å²) in [5, 5.41) is 2.90. The average molecular weight is 426 g/mol. The number of nitrogens with one attached hydrogen (secondary N) is 1. The minimum Gasteiger partial charge on any atom is -0.355 e. The Kier molecular flexibility index (Phi) is 6.57. The van der Waals surface area contributed by atoms with Crippen molar-refractivity contribution in [1.82, 2.24) is 14.8 Å². The smallest absolute Gasteiger partial charge is 0.250 e. The van der Waals surface area contributed by atoms with E-state index >= 15 is 0 Å². The summed E-state index contributed by atoms with van der Waals surface area (Å²) in [7, 11) is 0. The molecule has 2 atom stereocenters. The molecule has 7 heteroatoms. The number of likely N-dealkylation sites (tertiary alicyclic amines) is 1. The van der Waals surface area contributed by atoms with Crippen LogP contribution in [0.5, 0.6) is 0 Å². The number of piperidine rings is 1. The maximum Gasteiger partial charge on any atom is 0.250 e. The molecule has 0 saturated carbocycles. The number of hydrogen-bond acceptors (Lipinski definition) is 4. The van der Waals surface area contributed by atoms with Gasteiger partial charge in [-0.05, 0) is 30.5 Å². The Hall–Kier alpha value is -2.54. The van der Waals surface area contributed by atoms with Crippen LogP contribution in [0.15, 0.2) is 58.2 Å². The molecule has 6 nitrogen and oxygen atoms in total. The second-order valence-electron chi connectivity index (χ2n) is 8.01. The molecule has 0 aliphatic carbocycles. The van der Waals surface area contributed by atoms with E-state index in [1.165, 1.54) is 4.90 Å². The molecular formula is C23H27N3O3S. The van der Waals surface area contributed by atoms with E-state index in [-0.39, 0.29) is 36.1 Å². The molecule has 2 aliphatic rings. The molecule has 2 amide bonds. The van der Waals surface area contributed by atoms with E-state index in [0.29, 0.717) is 32.1 Å². The van der Waals surface area contributed by atoms with Gasteiger partial charge in [0, 0.05) is 67.3 Å². The van der Waals surface area contributed by atoms with E-state index in [4.69, 9.17) is 0 Å². The predicted molar refractivity (Wildman–Crippen MR) is 118 cm³/mol. The van der Waals surface area contributed by atoms with Crippen molar-refractivity contribution in [1.29, 1.82) is 0 Å². The normalized spacial score (nSPS) is 19.8. The van der Waals surface area contributed by atoms with Gasteiger partial charge in [-0.1, -0.05) is 24.3 Å². The highest BCUT2D eigenvalue weighted by atomic mass is 32.2. The van der Waals surface area contributed by atoms with Crippen molar-refractivity contribution in [2.75, 3.05) is 25.4 Å². The zero-order chi connectivity index (χ0) is 20.9. The fourth-order valence-corrected chi connectivity index (χ4v) is 5.23. The minimum atomic E-state index is -0.0777. The van der Waals surface area contributed by atoms with E-state index < -0.39 is 0 Å². The fraction of sp³-hybridized carbons (Fsp3) is 0.435. The van der Waals surface area contributed by atoms with Gasteiger partial charge < -0.3 is 14.8 Å². The lowest BCUT2D eigenvalue weighted by atomic mass is 9.83. The van der Waals surface area contributed by atoms with Gasteiger partial charge in [0.25, 0.3) is 5.56 Å². The van der Waals surface area contributed by atoms with Crippen molar-refractivity contribution >= 4 is 23.6 Å².